The second-order valence-electron chi connectivity index (χ2n) is 5.91. The van der Waals surface area contributed by atoms with E-state index in [0.29, 0.717) is 11.3 Å². The van der Waals surface area contributed by atoms with Crippen molar-refractivity contribution >= 4 is 49.5 Å². The number of ether oxygens (including phenoxy) is 1. The number of nitriles is 1. The first-order valence-electron chi connectivity index (χ1n) is 7.80. The number of rotatable bonds is 4. The molecule has 6 heteroatoms. The van der Waals surface area contributed by atoms with Gasteiger partial charge in [0.15, 0.2) is 0 Å². The molecule has 0 aliphatic carbocycles. The minimum absolute atomic E-state index is 0.00678. The van der Waals surface area contributed by atoms with E-state index in [1.54, 1.807) is 6.07 Å². The topological polar surface area (TPSA) is 62.1 Å². The van der Waals surface area contributed by atoms with Crippen LogP contribution in [-0.2, 0) is 4.79 Å². The van der Waals surface area contributed by atoms with Crippen LogP contribution in [0.3, 0.4) is 0 Å². The van der Waals surface area contributed by atoms with E-state index in [1.807, 2.05) is 45.0 Å². The van der Waals surface area contributed by atoms with Gasteiger partial charge in [0.1, 0.15) is 17.4 Å². The van der Waals surface area contributed by atoms with Crippen LogP contribution in [0.15, 0.2) is 38.8 Å². The van der Waals surface area contributed by atoms with E-state index in [9.17, 15) is 10.1 Å². The van der Waals surface area contributed by atoms with E-state index >= 15 is 0 Å². The summed E-state index contributed by atoms with van der Waals surface area (Å²) < 4.78 is 6.90. The maximum atomic E-state index is 12.6. The molecule has 0 saturated heterocycles. The molecule has 2 aromatic rings. The molecule has 0 bridgehead atoms. The third-order valence-electron chi connectivity index (χ3n) is 3.82. The van der Waals surface area contributed by atoms with Gasteiger partial charge in [0, 0.05) is 15.7 Å². The molecule has 0 atom stereocenters. The molecule has 0 spiro atoms. The SMILES string of the molecule is COc1c(Br)cc(Br)cc1/C=C(\C#N)C(=O)Nc1c(C)cc(C)cc1C. The Balaban J connectivity index is 2.42. The van der Waals surface area contributed by atoms with Crippen molar-refractivity contribution in [3.8, 4) is 11.8 Å². The Labute approximate surface area is 170 Å². The molecule has 0 radical (unpaired) electrons. The van der Waals surface area contributed by atoms with E-state index in [1.165, 1.54) is 13.2 Å². The lowest BCUT2D eigenvalue weighted by Gasteiger charge is -2.13. The Kier molecular flexibility index (Phi) is 6.63. The van der Waals surface area contributed by atoms with E-state index in [4.69, 9.17) is 4.74 Å². The number of amides is 1. The summed E-state index contributed by atoms with van der Waals surface area (Å²) in [4.78, 5) is 12.6. The minimum Gasteiger partial charge on any atom is -0.495 e. The molecule has 0 unspecified atom stereocenters. The van der Waals surface area contributed by atoms with Crippen molar-refractivity contribution in [2.45, 2.75) is 20.8 Å². The highest BCUT2D eigenvalue weighted by molar-refractivity contribution is 9.11. The number of methoxy groups -OCH3 is 1. The van der Waals surface area contributed by atoms with Crippen LogP contribution in [0, 0.1) is 32.1 Å². The van der Waals surface area contributed by atoms with Gasteiger partial charge >= 0.3 is 0 Å². The first-order valence-corrected chi connectivity index (χ1v) is 9.39. The number of nitrogens with one attached hydrogen (secondary N) is 1. The number of halogens is 2. The second-order valence-corrected chi connectivity index (χ2v) is 7.68. The molecule has 1 amide bonds. The Morgan fingerprint density at radius 1 is 1.15 bits per heavy atom. The van der Waals surface area contributed by atoms with Crippen LogP contribution in [0.25, 0.3) is 6.08 Å². The van der Waals surface area contributed by atoms with Crippen LogP contribution in [0.2, 0.25) is 0 Å². The van der Waals surface area contributed by atoms with Crippen molar-refractivity contribution in [3.63, 3.8) is 0 Å². The predicted octanol–water partition coefficient (Wildman–Crippen LogP) is 5.69. The Morgan fingerprint density at radius 3 is 2.31 bits per heavy atom. The summed E-state index contributed by atoms with van der Waals surface area (Å²) in [5.74, 6) is 0.0946. The monoisotopic (exact) mass is 476 g/mol. The molecule has 0 aromatic heterocycles. The van der Waals surface area contributed by atoms with E-state index in [-0.39, 0.29) is 5.57 Å². The van der Waals surface area contributed by atoms with Crippen molar-refractivity contribution in [2.24, 2.45) is 0 Å². The van der Waals surface area contributed by atoms with Crippen LogP contribution in [-0.4, -0.2) is 13.0 Å². The standard InChI is InChI=1S/C20H18Br2N2O2/c1-11-5-12(2)18(13(3)6-11)24-20(25)15(10-23)7-14-8-16(21)9-17(22)19(14)26-4/h5-9H,1-4H3,(H,24,25)/b15-7+. The largest absolute Gasteiger partial charge is 0.495 e. The molecule has 0 aliphatic heterocycles. The zero-order valence-corrected chi connectivity index (χ0v) is 18.1. The molecular formula is C20H18Br2N2O2. The smallest absolute Gasteiger partial charge is 0.266 e. The van der Waals surface area contributed by atoms with Gasteiger partial charge in [-0.2, -0.15) is 5.26 Å². The normalized spacial score (nSPS) is 11.0. The van der Waals surface area contributed by atoms with Gasteiger partial charge in [-0.3, -0.25) is 4.79 Å². The molecule has 2 aromatic carbocycles. The van der Waals surface area contributed by atoms with Gasteiger partial charge in [-0.05, 0) is 66.0 Å². The fourth-order valence-electron chi connectivity index (χ4n) is 2.76. The van der Waals surface area contributed by atoms with Gasteiger partial charge in [0.2, 0.25) is 0 Å². The number of carbonyl (C=O) groups excluding carboxylic acids is 1. The summed E-state index contributed by atoms with van der Waals surface area (Å²) in [6.45, 7) is 5.86. The van der Waals surface area contributed by atoms with Gasteiger partial charge in [0.25, 0.3) is 5.91 Å². The van der Waals surface area contributed by atoms with Crippen LogP contribution in [0.5, 0.6) is 5.75 Å². The fourth-order valence-corrected chi connectivity index (χ4v) is 4.19. The summed E-state index contributed by atoms with van der Waals surface area (Å²) in [7, 11) is 1.54. The number of hydrogen-bond acceptors (Lipinski definition) is 3. The average Bonchev–Trinajstić information content (AvgIpc) is 2.55. The quantitative estimate of drug-likeness (QED) is 0.454. The lowest BCUT2D eigenvalue weighted by molar-refractivity contribution is -0.112. The van der Waals surface area contributed by atoms with Gasteiger partial charge in [-0.15, -0.1) is 0 Å². The molecule has 0 heterocycles. The first kappa shape index (κ1) is 20.2. The third kappa shape index (κ3) is 4.54. The highest BCUT2D eigenvalue weighted by Gasteiger charge is 2.15. The summed E-state index contributed by atoms with van der Waals surface area (Å²) in [5.41, 5.74) is 4.37. The summed E-state index contributed by atoms with van der Waals surface area (Å²) in [5, 5.41) is 12.3. The van der Waals surface area contributed by atoms with Crippen molar-refractivity contribution in [1.82, 2.24) is 0 Å². The Hall–Kier alpha value is -2.10. The van der Waals surface area contributed by atoms with E-state index in [2.05, 4.69) is 37.2 Å². The summed E-state index contributed by atoms with van der Waals surface area (Å²) in [6, 6.07) is 9.58. The Morgan fingerprint density at radius 2 is 1.77 bits per heavy atom. The third-order valence-corrected chi connectivity index (χ3v) is 4.87. The number of carbonyl (C=O) groups is 1. The average molecular weight is 478 g/mol. The lowest BCUT2D eigenvalue weighted by atomic mass is 10.0. The Bertz CT molecular complexity index is 921. The maximum absolute atomic E-state index is 12.6. The number of aryl methyl sites for hydroxylation is 3. The number of anilines is 1. The highest BCUT2D eigenvalue weighted by Crippen LogP contribution is 2.34. The van der Waals surface area contributed by atoms with Gasteiger partial charge in [0.05, 0.1) is 11.6 Å². The fraction of sp³-hybridized carbons (Fsp3) is 0.200. The second kappa shape index (κ2) is 8.52. The van der Waals surface area contributed by atoms with Gasteiger partial charge in [-0.25, -0.2) is 0 Å². The van der Waals surface area contributed by atoms with Crippen molar-refractivity contribution in [3.05, 3.63) is 61.0 Å². The number of benzene rings is 2. The zero-order valence-electron chi connectivity index (χ0n) is 14.9. The van der Waals surface area contributed by atoms with Gasteiger partial charge < -0.3 is 10.1 Å². The number of hydrogen-bond donors (Lipinski definition) is 1. The van der Waals surface area contributed by atoms with Crippen LogP contribution in [0.4, 0.5) is 5.69 Å². The maximum Gasteiger partial charge on any atom is 0.266 e. The molecule has 1 N–H and O–H groups in total. The van der Waals surface area contributed by atoms with E-state index < -0.39 is 5.91 Å². The first-order chi connectivity index (χ1) is 12.3. The molecule has 0 fully saturated rings. The van der Waals surface area contributed by atoms with Crippen LogP contribution in [0.1, 0.15) is 22.3 Å². The van der Waals surface area contributed by atoms with E-state index in [0.717, 1.165) is 31.3 Å². The number of nitrogens with zero attached hydrogens (tertiary/aromatic N) is 1. The van der Waals surface area contributed by atoms with Crippen molar-refractivity contribution in [2.75, 3.05) is 12.4 Å². The van der Waals surface area contributed by atoms with Crippen LogP contribution < -0.4 is 10.1 Å². The molecule has 0 aliphatic rings. The molecule has 0 saturated carbocycles. The molecule has 4 nitrogen and oxygen atoms in total. The molecule has 26 heavy (non-hydrogen) atoms. The summed E-state index contributed by atoms with van der Waals surface area (Å²) in [6.07, 6.45) is 1.52. The zero-order chi connectivity index (χ0) is 19.4. The van der Waals surface area contributed by atoms with Crippen LogP contribution >= 0.6 is 31.9 Å². The highest BCUT2D eigenvalue weighted by atomic mass is 79.9. The lowest BCUT2D eigenvalue weighted by Crippen LogP contribution is -2.15. The molecular weight excluding hydrogens is 460 g/mol. The van der Waals surface area contributed by atoms with Gasteiger partial charge in [-0.1, -0.05) is 33.6 Å². The molecule has 2 rings (SSSR count). The summed E-state index contributed by atoms with van der Waals surface area (Å²) >= 11 is 6.83. The molecule has 134 valence electrons. The minimum atomic E-state index is -0.458. The predicted molar refractivity (Wildman–Crippen MR) is 111 cm³/mol. The van der Waals surface area contributed by atoms with Crippen molar-refractivity contribution in [1.29, 1.82) is 5.26 Å². The van der Waals surface area contributed by atoms with Crippen molar-refractivity contribution < 1.29 is 9.53 Å².